The van der Waals surface area contributed by atoms with Crippen LogP contribution in [0.2, 0.25) is 0 Å². The van der Waals surface area contributed by atoms with Crippen LogP contribution in [0, 0.1) is 0 Å². The summed E-state index contributed by atoms with van der Waals surface area (Å²) in [6, 6.07) is 0. The number of carbonyl (C=O) groups excluding carboxylic acids is 2. The van der Waals surface area contributed by atoms with E-state index in [1.165, 1.54) is 7.11 Å². The first kappa shape index (κ1) is 12.1. The van der Waals surface area contributed by atoms with Gasteiger partial charge in [0.15, 0.2) is 0 Å². The van der Waals surface area contributed by atoms with Gasteiger partial charge >= 0.3 is 5.97 Å². The van der Waals surface area contributed by atoms with Crippen LogP contribution < -0.4 is 0 Å². The van der Waals surface area contributed by atoms with Crippen LogP contribution in [0.3, 0.4) is 0 Å². The van der Waals surface area contributed by atoms with E-state index in [4.69, 9.17) is 4.74 Å². The van der Waals surface area contributed by atoms with Crippen LogP contribution in [0.4, 0.5) is 0 Å². The average Bonchev–Trinajstić information content (AvgIpc) is 2.27. The highest BCUT2D eigenvalue weighted by Gasteiger charge is 2.14. The number of hydrogen-bond donors (Lipinski definition) is 0. The number of rotatable bonds is 5. The number of methoxy groups -OCH3 is 1. The van der Waals surface area contributed by atoms with Gasteiger partial charge in [0.05, 0.1) is 33.3 Å². The maximum atomic E-state index is 11.4. The van der Waals surface area contributed by atoms with Crippen molar-refractivity contribution in [2.45, 2.75) is 12.8 Å². The van der Waals surface area contributed by atoms with Crippen LogP contribution in [-0.2, 0) is 19.1 Å². The van der Waals surface area contributed by atoms with Gasteiger partial charge in [0.1, 0.15) is 5.78 Å². The van der Waals surface area contributed by atoms with E-state index in [2.05, 4.69) is 4.74 Å². The molecule has 1 rings (SSSR count). The summed E-state index contributed by atoms with van der Waals surface area (Å²) in [5, 5.41) is 0. The fourth-order valence-electron chi connectivity index (χ4n) is 1.43. The zero-order valence-corrected chi connectivity index (χ0v) is 9.03. The molecule has 86 valence electrons. The Balaban J connectivity index is 2.14. The Labute approximate surface area is 89.3 Å². The van der Waals surface area contributed by atoms with Crippen LogP contribution in [-0.4, -0.2) is 56.6 Å². The summed E-state index contributed by atoms with van der Waals surface area (Å²) in [5.74, 6) is -0.243. The second kappa shape index (κ2) is 6.53. The Morgan fingerprint density at radius 1 is 1.27 bits per heavy atom. The second-order valence-corrected chi connectivity index (χ2v) is 3.50. The lowest BCUT2D eigenvalue weighted by molar-refractivity contribution is -0.142. The summed E-state index contributed by atoms with van der Waals surface area (Å²) < 4.78 is 9.64. The van der Waals surface area contributed by atoms with E-state index in [1.54, 1.807) is 0 Å². The van der Waals surface area contributed by atoms with Gasteiger partial charge in [-0.2, -0.15) is 0 Å². The van der Waals surface area contributed by atoms with E-state index >= 15 is 0 Å². The molecule has 0 atom stereocenters. The lowest BCUT2D eigenvalue weighted by Gasteiger charge is -2.25. The summed E-state index contributed by atoms with van der Waals surface area (Å²) in [6.07, 6.45) is 0.448. The topological polar surface area (TPSA) is 55.8 Å². The maximum absolute atomic E-state index is 11.4. The molecule has 5 nitrogen and oxygen atoms in total. The molecule has 1 aliphatic rings. The van der Waals surface area contributed by atoms with E-state index in [9.17, 15) is 9.59 Å². The number of carbonyl (C=O) groups is 2. The normalized spacial score (nSPS) is 17.4. The molecule has 0 bridgehead atoms. The van der Waals surface area contributed by atoms with Gasteiger partial charge in [0, 0.05) is 19.5 Å². The molecular formula is C10H17NO4. The summed E-state index contributed by atoms with van der Waals surface area (Å²) in [7, 11) is 1.33. The smallest absolute Gasteiger partial charge is 0.305 e. The number of esters is 1. The Hall–Kier alpha value is -0.940. The number of ketones is 1. The standard InChI is InChI=1S/C10H17NO4/c1-14-10(13)3-2-9(12)8-11-4-6-15-7-5-11/h2-8H2,1H3. The molecule has 0 saturated carbocycles. The van der Waals surface area contributed by atoms with Crippen molar-refractivity contribution in [2.24, 2.45) is 0 Å². The number of morpholine rings is 1. The Bertz CT molecular complexity index is 223. The molecule has 0 unspecified atom stereocenters. The van der Waals surface area contributed by atoms with Crippen LogP contribution in [0.1, 0.15) is 12.8 Å². The fourth-order valence-corrected chi connectivity index (χ4v) is 1.43. The first-order chi connectivity index (χ1) is 7.22. The molecule has 5 heteroatoms. The van der Waals surface area contributed by atoms with Crippen molar-refractivity contribution in [1.29, 1.82) is 0 Å². The lowest BCUT2D eigenvalue weighted by Crippen LogP contribution is -2.39. The molecule has 15 heavy (non-hydrogen) atoms. The first-order valence-corrected chi connectivity index (χ1v) is 5.11. The largest absolute Gasteiger partial charge is 0.469 e. The zero-order valence-electron chi connectivity index (χ0n) is 9.03. The molecule has 0 radical (unpaired) electrons. The van der Waals surface area contributed by atoms with Crippen LogP contribution in [0.15, 0.2) is 0 Å². The number of ether oxygens (including phenoxy) is 2. The predicted molar refractivity (Wildman–Crippen MR) is 53.5 cm³/mol. The lowest BCUT2D eigenvalue weighted by atomic mass is 10.2. The molecule has 1 saturated heterocycles. The van der Waals surface area contributed by atoms with E-state index < -0.39 is 0 Å². The molecule has 0 aromatic rings. The molecule has 0 aliphatic carbocycles. The SMILES string of the molecule is COC(=O)CCC(=O)CN1CCOCC1. The number of Topliss-reactive ketones (excluding diaryl/α,β-unsaturated/α-hetero) is 1. The van der Waals surface area contributed by atoms with Crippen molar-refractivity contribution < 1.29 is 19.1 Å². The van der Waals surface area contributed by atoms with E-state index in [1.807, 2.05) is 4.90 Å². The zero-order chi connectivity index (χ0) is 11.1. The molecular weight excluding hydrogens is 198 g/mol. The summed E-state index contributed by atoms with van der Waals surface area (Å²) in [5.41, 5.74) is 0. The van der Waals surface area contributed by atoms with Crippen molar-refractivity contribution in [3.8, 4) is 0 Å². The van der Waals surface area contributed by atoms with Gasteiger partial charge in [0.2, 0.25) is 0 Å². The molecule has 0 aromatic carbocycles. The number of hydrogen-bond acceptors (Lipinski definition) is 5. The molecule has 0 amide bonds. The molecule has 0 N–H and O–H groups in total. The molecule has 0 aromatic heterocycles. The van der Waals surface area contributed by atoms with Crippen molar-refractivity contribution in [3.63, 3.8) is 0 Å². The minimum absolute atomic E-state index is 0.0855. The molecule has 1 aliphatic heterocycles. The van der Waals surface area contributed by atoms with Gasteiger partial charge < -0.3 is 9.47 Å². The maximum Gasteiger partial charge on any atom is 0.305 e. The highest BCUT2D eigenvalue weighted by molar-refractivity contribution is 5.84. The monoisotopic (exact) mass is 215 g/mol. The van der Waals surface area contributed by atoms with Gasteiger partial charge in [-0.05, 0) is 0 Å². The van der Waals surface area contributed by atoms with Gasteiger partial charge in [-0.3, -0.25) is 14.5 Å². The number of nitrogens with zero attached hydrogens (tertiary/aromatic N) is 1. The third-order valence-electron chi connectivity index (χ3n) is 2.34. The van der Waals surface area contributed by atoms with Gasteiger partial charge in [-0.1, -0.05) is 0 Å². The average molecular weight is 215 g/mol. The Morgan fingerprint density at radius 3 is 2.53 bits per heavy atom. The van der Waals surface area contributed by atoms with Crippen LogP contribution >= 0.6 is 0 Å². The van der Waals surface area contributed by atoms with E-state index in [0.29, 0.717) is 19.8 Å². The third kappa shape index (κ3) is 4.90. The van der Waals surface area contributed by atoms with Crippen molar-refractivity contribution >= 4 is 11.8 Å². The Kier molecular flexibility index (Phi) is 5.28. The highest BCUT2D eigenvalue weighted by Crippen LogP contribution is 2.00. The predicted octanol–water partition coefficient (Wildman–Crippen LogP) is -0.159. The van der Waals surface area contributed by atoms with E-state index in [-0.39, 0.29) is 24.6 Å². The van der Waals surface area contributed by atoms with Crippen molar-refractivity contribution in [2.75, 3.05) is 40.0 Å². The summed E-state index contributed by atoms with van der Waals surface area (Å²) in [6.45, 7) is 3.38. The van der Waals surface area contributed by atoms with E-state index in [0.717, 1.165) is 13.1 Å². The van der Waals surface area contributed by atoms with Crippen molar-refractivity contribution in [1.82, 2.24) is 4.90 Å². The first-order valence-electron chi connectivity index (χ1n) is 5.11. The Morgan fingerprint density at radius 2 is 1.93 bits per heavy atom. The van der Waals surface area contributed by atoms with Crippen LogP contribution in [0.5, 0.6) is 0 Å². The van der Waals surface area contributed by atoms with Gasteiger partial charge in [0.25, 0.3) is 0 Å². The second-order valence-electron chi connectivity index (χ2n) is 3.50. The quantitative estimate of drug-likeness (QED) is 0.596. The fraction of sp³-hybridized carbons (Fsp3) is 0.800. The van der Waals surface area contributed by atoms with Crippen LogP contribution in [0.25, 0.3) is 0 Å². The summed E-state index contributed by atoms with van der Waals surface area (Å²) >= 11 is 0. The summed E-state index contributed by atoms with van der Waals surface area (Å²) in [4.78, 5) is 24.3. The molecule has 1 fully saturated rings. The minimum Gasteiger partial charge on any atom is -0.469 e. The van der Waals surface area contributed by atoms with Crippen molar-refractivity contribution in [3.05, 3.63) is 0 Å². The third-order valence-corrected chi connectivity index (χ3v) is 2.34. The highest BCUT2D eigenvalue weighted by atomic mass is 16.5. The van der Waals surface area contributed by atoms with Gasteiger partial charge in [-0.15, -0.1) is 0 Å². The molecule has 0 spiro atoms. The minimum atomic E-state index is -0.328. The van der Waals surface area contributed by atoms with Gasteiger partial charge in [-0.25, -0.2) is 0 Å². The molecule has 1 heterocycles.